The normalized spacial score (nSPS) is 28.3. The molecule has 3 heterocycles. The van der Waals surface area contributed by atoms with Gasteiger partial charge < -0.3 is 20.4 Å². The lowest BCUT2D eigenvalue weighted by molar-refractivity contribution is -0.0326. The molecule has 1 aliphatic heterocycles. The summed E-state index contributed by atoms with van der Waals surface area (Å²) in [7, 11) is 0. The first kappa shape index (κ1) is 26.5. The van der Waals surface area contributed by atoms with Gasteiger partial charge >= 0.3 is 0 Å². The van der Waals surface area contributed by atoms with Gasteiger partial charge in [0.1, 0.15) is 23.0 Å². The predicted octanol–water partition coefficient (Wildman–Crippen LogP) is 3.69. The third-order valence-corrected chi connectivity index (χ3v) is 9.98. The number of nitrogens with one attached hydrogen (secondary N) is 1. The number of aliphatic hydroxyl groups is 2. The van der Waals surface area contributed by atoms with Gasteiger partial charge in [0.2, 0.25) is 5.43 Å². The molecule has 4 aliphatic carbocycles. The van der Waals surface area contributed by atoms with Crippen LogP contribution in [0.2, 0.25) is 0 Å². The Morgan fingerprint density at radius 3 is 2.29 bits per heavy atom. The van der Waals surface area contributed by atoms with Gasteiger partial charge in [0, 0.05) is 30.9 Å². The fraction of sp³-hybridized carbons (Fsp3) is 0.516. The second-order valence-corrected chi connectivity index (χ2v) is 12.9. The second-order valence-electron chi connectivity index (χ2n) is 12.9. The van der Waals surface area contributed by atoms with Crippen LogP contribution in [0.3, 0.4) is 0 Å². The van der Waals surface area contributed by atoms with E-state index in [1.54, 1.807) is 12.1 Å². The van der Waals surface area contributed by atoms with Crippen LogP contribution >= 0.6 is 0 Å². The molecule has 216 valence electrons. The van der Waals surface area contributed by atoms with Crippen LogP contribution < -0.4 is 15.6 Å². The van der Waals surface area contributed by atoms with E-state index in [0.717, 1.165) is 31.4 Å². The first-order chi connectivity index (χ1) is 19.6. The van der Waals surface area contributed by atoms with E-state index >= 15 is 4.39 Å². The lowest BCUT2D eigenvalue weighted by Gasteiger charge is -2.56. The summed E-state index contributed by atoms with van der Waals surface area (Å²) in [6.07, 6.45) is 8.42. The summed E-state index contributed by atoms with van der Waals surface area (Å²) < 4.78 is 30.3. The third-order valence-electron chi connectivity index (χ3n) is 9.98. The minimum atomic E-state index is -1.15. The van der Waals surface area contributed by atoms with Gasteiger partial charge in [0.05, 0.1) is 23.3 Å². The number of pyridine rings is 2. The van der Waals surface area contributed by atoms with E-state index in [0.29, 0.717) is 49.5 Å². The van der Waals surface area contributed by atoms with Crippen molar-refractivity contribution in [2.75, 3.05) is 24.6 Å². The molecule has 3 aromatic rings. The molecule has 4 saturated carbocycles. The molecule has 1 amide bonds. The van der Waals surface area contributed by atoms with Crippen LogP contribution in [0.25, 0.3) is 16.7 Å². The number of aromatic nitrogens is 2. The fourth-order valence-electron chi connectivity index (χ4n) is 8.27. The highest BCUT2D eigenvalue weighted by Crippen LogP contribution is 2.55. The number of carbonyl (C=O) groups excluding carboxylic acids is 1. The predicted molar refractivity (Wildman–Crippen MR) is 149 cm³/mol. The third kappa shape index (κ3) is 4.61. The maximum absolute atomic E-state index is 15.1. The van der Waals surface area contributed by atoms with Crippen LogP contribution in [0.1, 0.15) is 61.7 Å². The highest BCUT2D eigenvalue weighted by molar-refractivity contribution is 5.97. The SMILES string of the molecule is O=C(NC12CC3CC(CC(C3)C1)C2)c1cn(-c2ccc(F)cc2F)c2nc(N3CCC(O)(CO)CC3)ccc2c1=O. The number of halogens is 2. The Balaban J connectivity index is 1.30. The Kier molecular flexibility index (Phi) is 6.20. The number of amides is 1. The van der Waals surface area contributed by atoms with E-state index in [-0.39, 0.29) is 34.4 Å². The summed E-state index contributed by atoms with van der Waals surface area (Å²) in [6.45, 7) is 0.524. The molecular formula is C31H34F2N4O4. The standard InChI is InChI=1S/C31H34F2N4O4/c32-21-1-3-25(24(33)12-21)37-16-23(29(40)35-30-13-18-9-19(14-30)11-20(10-18)15-30)27(39)22-2-4-26(34-28(22)37)36-7-5-31(41,17-38)6-8-36/h1-4,12,16,18-20,38,41H,5-11,13-15,17H2,(H,35,40). The van der Waals surface area contributed by atoms with Crippen molar-refractivity contribution in [1.29, 1.82) is 0 Å². The highest BCUT2D eigenvalue weighted by atomic mass is 19.1. The Bertz CT molecular complexity index is 1560. The zero-order valence-corrected chi connectivity index (χ0v) is 22.8. The fourth-order valence-corrected chi connectivity index (χ4v) is 8.27. The molecule has 0 atom stereocenters. The van der Waals surface area contributed by atoms with Gasteiger partial charge in [-0.1, -0.05) is 0 Å². The quantitative estimate of drug-likeness (QED) is 0.437. The van der Waals surface area contributed by atoms with Crippen molar-refractivity contribution in [3.8, 4) is 5.69 Å². The summed E-state index contributed by atoms with van der Waals surface area (Å²) in [5.41, 5.74) is -1.94. The summed E-state index contributed by atoms with van der Waals surface area (Å²) in [5.74, 6) is 0.268. The average molecular weight is 565 g/mol. The number of carbonyl (C=O) groups is 1. The van der Waals surface area contributed by atoms with Gasteiger partial charge in [-0.15, -0.1) is 0 Å². The molecule has 5 aliphatic rings. The molecule has 10 heteroatoms. The smallest absolute Gasteiger partial charge is 0.257 e. The van der Waals surface area contributed by atoms with Crippen LogP contribution in [0.15, 0.2) is 41.3 Å². The maximum Gasteiger partial charge on any atom is 0.257 e. The molecule has 0 radical (unpaired) electrons. The van der Waals surface area contributed by atoms with Gasteiger partial charge in [-0.05, 0) is 93.4 Å². The van der Waals surface area contributed by atoms with Gasteiger partial charge in [0.25, 0.3) is 5.91 Å². The zero-order chi connectivity index (χ0) is 28.5. The van der Waals surface area contributed by atoms with E-state index in [1.807, 2.05) is 4.90 Å². The molecule has 5 fully saturated rings. The summed E-state index contributed by atoms with van der Waals surface area (Å²) in [5, 5.41) is 23.3. The number of rotatable bonds is 5. The van der Waals surface area contributed by atoms with Gasteiger partial charge in [0.15, 0.2) is 5.65 Å². The number of anilines is 1. The molecule has 41 heavy (non-hydrogen) atoms. The molecule has 2 aromatic heterocycles. The van der Waals surface area contributed by atoms with Crippen LogP contribution in [-0.2, 0) is 0 Å². The molecular weight excluding hydrogens is 530 g/mol. The minimum Gasteiger partial charge on any atom is -0.393 e. The van der Waals surface area contributed by atoms with E-state index in [2.05, 4.69) is 5.32 Å². The zero-order valence-electron chi connectivity index (χ0n) is 22.8. The maximum atomic E-state index is 15.1. The molecule has 0 spiro atoms. The van der Waals surface area contributed by atoms with Gasteiger partial charge in [-0.3, -0.25) is 14.2 Å². The topological polar surface area (TPSA) is 108 Å². The summed E-state index contributed by atoms with van der Waals surface area (Å²) in [4.78, 5) is 34.1. The van der Waals surface area contributed by atoms with Crippen molar-refractivity contribution in [3.63, 3.8) is 0 Å². The van der Waals surface area contributed by atoms with E-state index in [1.165, 1.54) is 36.1 Å². The molecule has 8 nitrogen and oxygen atoms in total. The molecule has 3 N–H and O–H groups in total. The minimum absolute atomic E-state index is 0.0294. The van der Waals surface area contributed by atoms with Crippen molar-refractivity contribution < 1.29 is 23.8 Å². The van der Waals surface area contributed by atoms with E-state index in [4.69, 9.17) is 4.98 Å². The number of hydrogen-bond acceptors (Lipinski definition) is 6. The first-order valence-corrected chi connectivity index (χ1v) is 14.6. The van der Waals surface area contributed by atoms with Crippen molar-refractivity contribution in [2.45, 2.75) is 62.5 Å². The number of nitrogens with zero attached hydrogens (tertiary/aromatic N) is 3. The second kappa shape index (κ2) is 9.59. The van der Waals surface area contributed by atoms with Crippen LogP contribution in [0.5, 0.6) is 0 Å². The Labute approximate surface area is 236 Å². The summed E-state index contributed by atoms with van der Waals surface area (Å²) in [6, 6.07) is 6.43. The molecule has 1 aromatic carbocycles. The van der Waals surface area contributed by atoms with Crippen LogP contribution in [0.4, 0.5) is 14.6 Å². The van der Waals surface area contributed by atoms with E-state index in [9.17, 15) is 24.2 Å². The monoisotopic (exact) mass is 564 g/mol. The Hall–Kier alpha value is -3.37. The Morgan fingerprint density at radius 1 is 1.02 bits per heavy atom. The number of aliphatic hydroxyl groups excluding tert-OH is 1. The van der Waals surface area contributed by atoms with Gasteiger partial charge in [-0.2, -0.15) is 0 Å². The van der Waals surface area contributed by atoms with Crippen LogP contribution in [0, 0.1) is 29.4 Å². The molecule has 4 bridgehead atoms. The first-order valence-electron chi connectivity index (χ1n) is 14.6. The molecule has 1 saturated heterocycles. The number of hydrogen-bond donors (Lipinski definition) is 3. The summed E-state index contributed by atoms with van der Waals surface area (Å²) >= 11 is 0. The largest absolute Gasteiger partial charge is 0.393 e. The molecule has 8 rings (SSSR count). The van der Waals surface area contributed by atoms with Crippen molar-refractivity contribution in [3.05, 3.63) is 63.9 Å². The average Bonchev–Trinajstić information content (AvgIpc) is 2.93. The number of piperidine rings is 1. The number of benzene rings is 1. The van der Waals surface area contributed by atoms with Crippen molar-refractivity contribution in [2.24, 2.45) is 17.8 Å². The van der Waals surface area contributed by atoms with E-state index < -0.39 is 28.6 Å². The number of fused-ring (bicyclic) bond motifs is 1. The molecule has 0 unspecified atom stereocenters. The lowest BCUT2D eigenvalue weighted by atomic mass is 9.53. The van der Waals surface area contributed by atoms with Crippen LogP contribution in [-0.4, -0.2) is 56.5 Å². The van der Waals surface area contributed by atoms with Gasteiger partial charge in [-0.25, -0.2) is 13.8 Å². The van der Waals surface area contributed by atoms with Crippen molar-refractivity contribution >= 4 is 22.8 Å². The Morgan fingerprint density at radius 2 is 1.68 bits per heavy atom. The highest BCUT2D eigenvalue weighted by Gasteiger charge is 2.51. The van der Waals surface area contributed by atoms with Crippen molar-refractivity contribution in [1.82, 2.24) is 14.9 Å². The lowest BCUT2D eigenvalue weighted by Crippen LogP contribution is -2.60.